The summed E-state index contributed by atoms with van der Waals surface area (Å²) in [6.07, 6.45) is 5.59. The van der Waals surface area contributed by atoms with Crippen molar-refractivity contribution >= 4 is 0 Å². The van der Waals surface area contributed by atoms with Crippen LogP contribution in [0.1, 0.15) is 23.5 Å². The molecule has 0 spiro atoms. The highest BCUT2D eigenvalue weighted by Crippen LogP contribution is 2.31. The van der Waals surface area contributed by atoms with Crippen LogP contribution in [0.25, 0.3) is 0 Å². The van der Waals surface area contributed by atoms with Crippen molar-refractivity contribution in [1.29, 1.82) is 0 Å². The largest absolute Gasteiger partial charge is 0.373 e. The Labute approximate surface area is 114 Å². The molecular weight excluding hydrogens is 232 g/mol. The smallest absolute Gasteiger partial charge is 0.0865 e. The van der Waals surface area contributed by atoms with Gasteiger partial charge in [-0.3, -0.25) is 0 Å². The maximum Gasteiger partial charge on any atom is 0.0865 e. The molecule has 0 saturated carbocycles. The molecule has 1 heteroatoms. The van der Waals surface area contributed by atoms with E-state index >= 15 is 0 Å². The maximum absolute atomic E-state index is 5.96. The highest BCUT2D eigenvalue weighted by molar-refractivity contribution is 5.35. The highest BCUT2D eigenvalue weighted by Gasteiger charge is 2.24. The van der Waals surface area contributed by atoms with Crippen molar-refractivity contribution in [2.45, 2.75) is 18.4 Å². The van der Waals surface area contributed by atoms with Gasteiger partial charge in [-0.25, -0.2) is 0 Å². The molecule has 0 aromatic heterocycles. The molecule has 96 valence electrons. The molecule has 1 nitrogen and oxygen atoms in total. The third-order valence-electron chi connectivity index (χ3n) is 3.57. The molecule has 0 fully saturated rings. The summed E-state index contributed by atoms with van der Waals surface area (Å²) in [6, 6.07) is 21.2. The molecule has 0 radical (unpaired) electrons. The lowest BCUT2D eigenvalue weighted by Gasteiger charge is -2.28. The summed E-state index contributed by atoms with van der Waals surface area (Å²) in [7, 11) is 0. The van der Waals surface area contributed by atoms with Gasteiger partial charge in [0.15, 0.2) is 0 Å². The summed E-state index contributed by atoms with van der Waals surface area (Å²) in [5.74, 6) is 0.277. The van der Waals surface area contributed by atoms with Gasteiger partial charge in [-0.05, 0) is 17.5 Å². The third kappa shape index (κ3) is 2.77. The van der Waals surface area contributed by atoms with E-state index in [1.165, 1.54) is 11.1 Å². The predicted molar refractivity (Wildman–Crippen MR) is 78.2 cm³/mol. The summed E-state index contributed by atoms with van der Waals surface area (Å²) in [5.41, 5.74) is 2.62. The van der Waals surface area contributed by atoms with Crippen LogP contribution >= 0.6 is 0 Å². The molecule has 2 aromatic rings. The van der Waals surface area contributed by atoms with Crippen molar-refractivity contribution in [1.82, 2.24) is 0 Å². The van der Waals surface area contributed by atoms with Gasteiger partial charge in [-0.2, -0.15) is 0 Å². The van der Waals surface area contributed by atoms with E-state index < -0.39 is 0 Å². The monoisotopic (exact) mass is 250 g/mol. The molecule has 2 aromatic carbocycles. The molecule has 0 amide bonds. The van der Waals surface area contributed by atoms with Crippen LogP contribution in [0.15, 0.2) is 72.8 Å². The third-order valence-corrected chi connectivity index (χ3v) is 3.57. The van der Waals surface area contributed by atoms with Crippen LogP contribution in [0.5, 0.6) is 0 Å². The number of hydrogen-bond acceptors (Lipinski definition) is 1. The van der Waals surface area contributed by atoms with Gasteiger partial charge in [0.05, 0.1) is 12.7 Å². The molecule has 1 aliphatic rings. The fourth-order valence-electron chi connectivity index (χ4n) is 2.66. The lowest BCUT2D eigenvalue weighted by molar-refractivity contribution is 0.0693. The van der Waals surface area contributed by atoms with E-state index in [1.807, 2.05) is 0 Å². The Kier molecular flexibility index (Phi) is 3.75. The molecule has 0 saturated heterocycles. The van der Waals surface area contributed by atoms with Crippen LogP contribution in [0.3, 0.4) is 0 Å². The first kappa shape index (κ1) is 12.2. The van der Waals surface area contributed by atoms with E-state index in [9.17, 15) is 0 Å². The molecule has 1 aliphatic heterocycles. The lowest BCUT2D eigenvalue weighted by Crippen LogP contribution is -2.24. The van der Waals surface area contributed by atoms with E-state index in [4.69, 9.17) is 4.74 Å². The van der Waals surface area contributed by atoms with Gasteiger partial charge in [-0.1, -0.05) is 72.8 Å². The van der Waals surface area contributed by atoms with Crippen LogP contribution in [0.4, 0.5) is 0 Å². The van der Waals surface area contributed by atoms with Gasteiger partial charge < -0.3 is 4.74 Å². The van der Waals surface area contributed by atoms with Crippen molar-refractivity contribution in [3.05, 3.63) is 83.9 Å². The average molecular weight is 250 g/mol. The predicted octanol–water partition coefficient (Wildman–Crippen LogP) is 4.16. The molecule has 19 heavy (non-hydrogen) atoms. The second-order valence-corrected chi connectivity index (χ2v) is 4.85. The fraction of sp³-hybridized carbons (Fsp3) is 0.222. The van der Waals surface area contributed by atoms with Gasteiger partial charge in [0, 0.05) is 5.92 Å². The first-order valence-electron chi connectivity index (χ1n) is 6.83. The highest BCUT2D eigenvalue weighted by atomic mass is 16.5. The zero-order valence-electron chi connectivity index (χ0n) is 10.9. The van der Waals surface area contributed by atoms with Gasteiger partial charge in [0.25, 0.3) is 0 Å². The molecular formula is C18H18O. The summed E-state index contributed by atoms with van der Waals surface area (Å²) < 4.78 is 5.96. The molecule has 3 rings (SSSR count). The Morgan fingerprint density at radius 2 is 1.42 bits per heavy atom. The number of hydrogen-bond donors (Lipinski definition) is 0. The van der Waals surface area contributed by atoms with E-state index in [0.29, 0.717) is 0 Å². The second-order valence-electron chi connectivity index (χ2n) is 4.85. The SMILES string of the molecule is C1=C[C@@H](C(c2ccccc2)c2ccccc2)OCC1. The quantitative estimate of drug-likeness (QED) is 0.743. The van der Waals surface area contributed by atoms with Gasteiger partial charge >= 0.3 is 0 Å². The molecule has 0 unspecified atom stereocenters. The van der Waals surface area contributed by atoms with Gasteiger partial charge in [0.2, 0.25) is 0 Å². The first-order chi connectivity index (χ1) is 9.45. The normalized spacial score (nSPS) is 18.7. The second kappa shape index (κ2) is 5.85. The van der Waals surface area contributed by atoms with Gasteiger partial charge in [0.1, 0.15) is 0 Å². The van der Waals surface area contributed by atoms with Crippen molar-refractivity contribution < 1.29 is 4.74 Å². The molecule has 0 bridgehead atoms. The topological polar surface area (TPSA) is 9.23 Å². The summed E-state index contributed by atoms with van der Waals surface area (Å²) in [4.78, 5) is 0. The van der Waals surface area contributed by atoms with E-state index in [1.54, 1.807) is 0 Å². The Bertz CT molecular complexity index is 491. The van der Waals surface area contributed by atoms with E-state index in [-0.39, 0.29) is 12.0 Å². The minimum Gasteiger partial charge on any atom is -0.373 e. The zero-order valence-corrected chi connectivity index (χ0v) is 10.9. The van der Waals surface area contributed by atoms with E-state index in [0.717, 1.165) is 13.0 Å². The average Bonchev–Trinajstić information content (AvgIpc) is 2.51. The first-order valence-corrected chi connectivity index (χ1v) is 6.83. The molecule has 1 heterocycles. The van der Waals surface area contributed by atoms with E-state index in [2.05, 4.69) is 72.8 Å². The van der Waals surface area contributed by atoms with Crippen LogP contribution in [-0.4, -0.2) is 12.7 Å². The Morgan fingerprint density at radius 1 is 0.842 bits per heavy atom. The Morgan fingerprint density at radius 3 is 1.89 bits per heavy atom. The number of ether oxygens (including phenoxy) is 1. The standard InChI is InChI=1S/C18H18O/c1-3-9-15(10-4-1)18(16-11-5-2-6-12-16)17-13-7-8-14-19-17/h1-7,9-13,17-18H,8,14H2/t17-/m0/s1. The molecule has 0 N–H and O–H groups in total. The van der Waals surface area contributed by atoms with Crippen LogP contribution in [0, 0.1) is 0 Å². The fourth-order valence-corrected chi connectivity index (χ4v) is 2.66. The van der Waals surface area contributed by atoms with Crippen LogP contribution in [0.2, 0.25) is 0 Å². The summed E-state index contributed by atoms with van der Waals surface area (Å²) >= 11 is 0. The number of rotatable bonds is 3. The summed E-state index contributed by atoms with van der Waals surface area (Å²) in [6.45, 7) is 0.817. The van der Waals surface area contributed by atoms with Crippen LogP contribution < -0.4 is 0 Å². The zero-order chi connectivity index (χ0) is 12.9. The summed E-state index contributed by atoms with van der Waals surface area (Å²) in [5, 5.41) is 0. The van der Waals surface area contributed by atoms with Crippen molar-refractivity contribution in [3.8, 4) is 0 Å². The van der Waals surface area contributed by atoms with Gasteiger partial charge in [-0.15, -0.1) is 0 Å². The number of benzene rings is 2. The minimum atomic E-state index is 0.138. The van der Waals surface area contributed by atoms with Crippen molar-refractivity contribution in [2.24, 2.45) is 0 Å². The lowest BCUT2D eigenvalue weighted by atomic mass is 9.86. The molecule has 0 aliphatic carbocycles. The minimum absolute atomic E-state index is 0.138. The Balaban J connectivity index is 2.01. The molecule has 1 atom stereocenters. The Hall–Kier alpha value is -1.86. The van der Waals surface area contributed by atoms with Crippen molar-refractivity contribution in [3.63, 3.8) is 0 Å². The maximum atomic E-state index is 5.96. The van der Waals surface area contributed by atoms with Crippen LogP contribution in [-0.2, 0) is 4.74 Å². The van der Waals surface area contributed by atoms with Crippen molar-refractivity contribution in [2.75, 3.05) is 6.61 Å².